The first-order valence-electron chi connectivity index (χ1n) is 7.72. The lowest BCUT2D eigenvalue weighted by atomic mass is 10.2. The Labute approximate surface area is 136 Å². The molecule has 0 unspecified atom stereocenters. The van der Waals surface area contributed by atoms with Gasteiger partial charge in [0.1, 0.15) is 0 Å². The molecule has 1 aliphatic rings. The molecule has 0 saturated carbocycles. The highest BCUT2D eigenvalue weighted by atomic mass is 32.2. The molecular weight excluding hydrogens is 316 g/mol. The monoisotopic (exact) mass is 336 g/mol. The second-order valence-corrected chi connectivity index (χ2v) is 7.55. The lowest BCUT2D eigenvalue weighted by molar-refractivity contribution is 0.372. The third kappa shape index (κ3) is 3.53. The molecular formula is C15H20N4O3S. The van der Waals surface area contributed by atoms with Crippen LogP contribution in [0.4, 0.5) is 6.01 Å². The van der Waals surface area contributed by atoms with Gasteiger partial charge in [-0.25, -0.2) is 8.42 Å². The zero-order valence-electron chi connectivity index (χ0n) is 13.1. The summed E-state index contributed by atoms with van der Waals surface area (Å²) in [4.78, 5) is 1.93. The molecule has 0 radical (unpaired) electrons. The van der Waals surface area contributed by atoms with Crippen LogP contribution in [0.1, 0.15) is 13.3 Å². The molecule has 1 aromatic carbocycles. The highest BCUT2D eigenvalue weighted by Crippen LogP contribution is 2.22. The fourth-order valence-corrected chi connectivity index (χ4v) is 4.08. The molecule has 0 atom stereocenters. The number of aromatic nitrogens is 2. The summed E-state index contributed by atoms with van der Waals surface area (Å²) < 4.78 is 31.4. The minimum atomic E-state index is -3.14. The molecule has 0 aliphatic carbocycles. The Hall–Kier alpha value is -1.93. The minimum Gasteiger partial charge on any atom is -0.403 e. The van der Waals surface area contributed by atoms with Crippen molar-refractivity contribution in [2.45, 2.75) is 13.3 Å². The molecule has 7 nitrogen and oxygen atoms in total. The van der Waals surface area contributed by atoms with Crippen LogP contribution in [-0.2, 0) is 10.0 Å². The van der Waals surface area contributed by atoms with E-state index in [1.807, 2.05) is 42.2 Å². The topological polar surface area (TPSA) is 79.5 Å². The Balaban J connectivity index is 1.66. The Kier molecular flexibility index (Phi) is 4.63. The van der Waals surface area contributed by atoms with E-state index < -0.39 is 10.0 Å². The minimum absolute atomic E-state index is 0.200. The first kappa shape index (κ1) is 15.9. The second kappa shape index (κ2) is 6.67. The van der Waals surface area contributed by atoms with E-state index in [9.17, 15) is 8.42 Å². The van der Waals surface area contributed by atoms with E-state index in [1.165, 1.54) is 0 Å². The molecule has 1 saturated heterocycles. The van der Waals surface area contributed by atoms with Crippen molar-refractivity contribution in [1.82, 2.24) is 14.5 Å². The molecule has 0 spiro atoms. The summed E-state index contributed by atoms with van der Waals surface area (Å²) in [5.41, 5.74) is 0.871. The molecule has 23 heavy (non-hydrogen) atoms. The van der Waals surface area contributed by atoms with Crippen LogP contribution in [0.5, 0.6) is 0 Å². The van der Waals surface area contributed by atoms with Crippen molar-refractivity contribution in [2.24, 2.45) is 0 Å². The quantitative estimate of drug-likeness (QED) is 0.825. The highest BCUT2D eigenvalue weighted by Gasteiger charge is 2.28. The van der Waals surface area contributed by atoms with Crippen molar-refractivity contribution in [3.8, 4) is 11.5 Å². The summed E-state index contributed by atoms with van der Waals surface area (Å²) in [6.45, 7) is 3.88. The van der Waals surface area contributed by atoms with Crippen molar-refractivity contribution < 1.29 is 12.8 Å². The number of anilines is 1. The van der Waals surface area contributed by atoms with Crippen LogP contribution in [0, 0.1) is 0 Å². The van der Waals surface area contributed by atoms with Gasteiger partial charge in [0.25, 0.3) is 0 Å². The first-order chi connectivity index (χ1) is 11.1. The van der Waals surface area contributed by atoms with E-state index >= 15 is 0 Å². The Bertz CT molecular complexity index is 737. The van der Waals surface area contributed by atoms with Crippen molar-refractivity contribution in [2.75, 3.05) is 36.8 Å². The van der Waals surface area contributed by atoms with E-state index in [0.717, 1.165) is 5.56 Å². The lowest BCUT2D eigenvalue weighted by Crippen LogP contribution is -2.49. The molecule has 2 aromatic rings. The van der Waals surface area contributed by atoms with Crippen LogP contribution in [0.3, 0.4) is 0 Å². The standard InChI is InChI=1S/C15H20N4O3S/c1-2-12-23(20,21)19-10-8-18(9-11-19)15-17-16-14(22-15)13-6-4-3-5-7-13/h3-7H,2,8-12H2,1H3. The number of piperazine rings is 1. The Morgan fingerprint density at radius 2 is 1.78 bits per heavy atom. The smallest absolute Gasteiger partial charge is 0.318 e. The summed E-state index contributed by atoms with van der Waals surface area (Å²) in [6.07, 6.45) is 0.632. The van der Waals surface area contributed by atoms with Gasteiger partial charge in [-0.2, -0.15) is 4.31 Å². The van der Waals surface area contributed by atoms with Crippen molar-refractivity contribution >= 4 is 16.0 Å². The predicted molar refractivity (Wildman–Crippen MR) is 87.6 cm³/mol. The fourth-order valence-electron chi connectivity index (χ4n) is 2.59. The van der Waals surface area contributed by atoms with Gasteiger partial charge in [0, 0.05) is 31.7 Å². The van der Waals surface area contributed by atoms with Crippen molar-refractivity contribution in [1.29, 1.82) is 0 Å². The first-order valence-corrected chi connectivity index (χ1v) is 9.33. The van der Waals surface area contributed by atoms with Crippen molar-refractivity contribution in [3.05, 3.63) is 30.3 Å². The van der Waals surface area contributed by atoms with E-state index in [4.69, 9.17) is 4.42 Å². The number of benzene rings is 1. The molecule has 8 heteroatoms. The summed E-state index contributed by atoms with van der Waals surface area (Å²) in [5, 5.41) is 8.15. The summed E-state index contributed by atoms with van der Waals surface area (Å²) >= 11 is 0. The zero-order valence-corrected chi connectivity index (χ0v) is 13.9. The fraction of sp³-hybridized carbons (Fsp3) is 0.467. The Morgan fingerprint density at radius 1 is 1.09 bits per heavy atom. The summed E-state index contributed by atoms with van der Waals surface area (Å²) in [5.74, 6) is 0.674. The third-order valence-electron chi connectivity index (χ3n) is 3.80. The number of sulfonamides is 1. The molecule has 0 N–H and O–H groups in total. The van der Waals surface area contributed by atoms with Gasteiger partial charge in [-0.3, -0.25) is 0 Å². The normalized spacial score (nSPS) is 16.7. The summed E-state index contributed by atoms with van der Waals surface area (Å²) in [6, 6.07) is 10.0. The highest BCUT2D eigenvalue weighted by molar-refractivity contribution is 7.89. The Morgan fingerprint density at radius 3 is 2.43 bits per heavy atom. The summed E-state index contributed by atoms with van der Waals surface area (Å²) in [7, 11) is -3.14. The molecule has 0 amide bonds. The van der Waals surface area contributed by atoms with Gasteiger partial charge in [0.15, 0.2) is 0 Å². The number of rotatable bonds is 5. The number of nitrogens with zero attached hydrogens (tertiary/aromatic N) is 4. The van der Waals surface area contributed by atoms with Crippen LogP contribution in [0.2, 0.25) is 0 Å². The van der Waals surface area contributed by atoms with Crippen molar-refractivity contribution in [3.63, 3.8) is 0 Å². The van der Waals surface area contributed by atoms with Gasteiger partial charge < -0.3 is 9.32 Å². The van der Waals surface area contributed by atoms with Gasteiger partial charge >= 0.3 is 6.01 Å². The van der Waals surface area contributed by atoms with Crippen LogP contribution in [-0.4, -0.2) is 54.9 Å². The maximum atomic E-state index is 12.1. The maximum absolute atomic E-state index is 12.1. The van der Waals surface area contributed by atoms with Crippen LogP contribution in [0.15, 0.2) is 34.7 Å². The van der Waals surface area contributed by atoms with E-state index in [0.29, 0.717) is 44.5 Å². The largest absolute Gasteiger partial charge is 0.403 e. The number of hydrogen-bond donors (Lipinski definition) is 0. The average Bonchev–Trinajstić information content (AvgIpc) is 3.06. The van der Waals surface area contributed by atoms with E-state index in [-0.39, 0.29) is 5.75 Å². The van der Waals surface area contributed by atoms with Gasteiger partial charge in [0.05, 0.1) is 5.75 Å². The van der Waals surface area contributed by atoms with Gasteiger partial charge in [-0.05, 0) is 18.6 Å². The average molecular weight is 336 g/mol. The molecule has 0 bridgehead atoms. The SMILES string of the molecule is CCCS(=O)(=O)N1CCN(c2nnc(-c3ccccc3)o2)CC1. The predicted octanol–water partition coefficient (Wildman–Crippen LogP) is 1.60. The molecule has 3 rings (SSSR count). The van der Waals surface area contributed by atoms with Gasteiger partial charge in [0.2, 0.25) is 15.9 Å². The van der Waals surface area contributed by atoms with Crippen LogP contribution >= 0.6 is 0 Å². The molecule has 1 aliphatic heterocycles. The number of hydrogen-bond acceptors (Lipinski definition) is 6. The zero-order chi connectivity index (χ0) is 16.3. The van der Waals surface area contributed by atoms with Crippen LogP contribution in [0.25, 0.3) is 11.5 Å². The second-order valence-electron chi connectivity index (χ2n) is 5.46. The van der Waals surface area contributed by atoms with Gasteiger partial charge in [-0.15, -0.1) is 5.10 Å². The maximum Gasteiger partial charge on any atom is 0.318 e. The molecule has 1 fully saturated rings. The van der Waals surface area contributed by atoms with E-state index in [2.05, 4.69) is 10.2 Å². The molecule has 2 heterocycles. The van der Waals surface area contributed by atoms with Gasteiger partial charge in [-0.1, -0.05) is 30.2 Å². The van der Waals surface area contributed by atoms with Crippen LogP contribution < -0.4 is 4.90 Å². The third-order valence-corrected chi connectivity index (χ3v) is 5.88. The van der Waals surface area contributed by atoms with E-state index in [1.54, 1.807) is 4.31 Å². The lowest BCUT2D eigenvalue weighted by Gasteiger charge is -2.32. The molecule has 124 valence electrons. The molecule has 1 aromatic heterocycles.